The number of amides is 1. The normalized spacial score (nSPS) is 23.8. The SMILES string of the molecule is C[C@@H](Oc1ccccc1Cl)C(=O)N[C@H]1CCN(C2CC2)C1. The molecule has 3 rings (SSSR count). The van der Waals surface area contributed by atoms with Crippen molar-refractivity contribution in [3.63, 3.8) is 0 Å². The van der Waals surface area contributed by atoms with E-state index in [9.17, 15) is 4.79 Å². The van der Waals surface area contributed by atoms with Crippen LogP contribution in [0, 0.1) is 0 Å². The van der Waals surface area contributed by atoms with Crippen LogP contribution in [0.2, 0.25) is 5.02 Å². The number of ether oxygens (including phenoxy) is 1. The van der Waals surface area contributed by atoms with Gasteiger partial charge >= 0.3 is 0 Å². The molecule has 0 radical (unpaired) electrons. The average molecular weight is 309 g/mol. The summed E-state index contributed by atoms with van der Waals surface area (Å²) in [7, 11) is 0. The Hall–Kier alpha value is -1.26. The number of carbonyl (C=O) groups is 1. The third kappa shape index (κ3) is 3.69. The van der Waals surface area contributed by atoms with Crippen molar-refractivity contribution in [2.75, 3.05) is 13.1 Å². The van der Waals surface area contributed by atoms with Crippen LogP contribution in [0.4, 0.5) is 0 Å². The van der Waals surface area contributed by atoms with Gasteiger partial charge in [0.25, 0.3) is 5.91 Å². The standard InChI is InChI=1S/C16H21ClN2O2/c1-11(21-15-5-3-2-4-14(15)17)16(20)18-12-8-9-19(10-12)13-6-7-13/h2-5,11-13H,6-10H2,1H3,(H,18,20)/t11-,12+/m1/s1. The van der Waals surface area contributed by atoms with Gasteiger partial charge in [-0.25, -0.2) is 0 Å². The van der Waals surface area contributed by atoms with E-state index in [0.29, 0.717) is 10.8 Å². The molecule has 0 unspecified atom stereocenters. The fourth-order valence-electron chi connectivity index (χ4n) is 2.78. The molecule has 2 aliphatic rings. The molecule has 1 amide bonds. The van der Waals surface area contributed by atoms with Gasteiger partial charge in [0.15, 0.2) is 6.10 Å². The van der Waals surface area contributed by atoms with E-state index in [0.717, 1.165) is 25.6 Å². The number of nitrogens with one attached hydrogen (secondary N) is 1. The van der Waals surface area contributed by atoms with Gasteiger partial charge in [0.05, 0.1) is 5.02 Å². The number of para-hydroxylation sites is 1. The summed E-state index contributed by atoms with van der Waals surface area (Å²) in [4.78, 5) is 14.7. The molecule has 1 N–H and O–H groups in total. The third-order valence-corrected chi connectivity index (χ3v) is 4.45. The van der Waals surface area contributed by atoms with Crippen LogP contribution in [0.5, 0.6) is 5.75 Å². The first-order chi connectivity index (χ1) is 10.1. The molecule has 2 fully saturated rings. The Balaban J connectivity index is 1.49. The molecule has 0 bridgehead atoms. The average Bonchev–Trinajstić information content (AvgIpc) is 3.22. The van der Waals surface area contributed by atoms with E-state index in [1.165, 1.54) is 12.8 Å². The van der Waals surface area contributed by atoms with Crippen LogP contribution >= 0.6 is 11.6 Å². The topological polar surface area (TPSA) is 41.6 Å². The fraction of sp³-hybridized carbons (Fsp3) is 0.562. The van der Waals surface area contributed by atoms with E-state index >= 15 is 0 Å². The number of carbonyl (C=O) groups excluding carboxylic acids is 1. The minimum Gasteiger partial charge on any atom is -0.479 e. The Morgan fingerprint density at radius 2 is 2.14 bits per heavy atom. The molecule has 0 spiro atoms. The van der Waals surface area contributed by atoms with E-state index in [-0.39, 0.29) is 11.9 Å². The molecule has 2 atom stereocenters. The van der Waals surface area contributed by atoms with Crippen molar-refractivity contribution >= 4 is 17.5 Å². The van der Waals surface area contributed by atoms with Crippen molar-refractivity contribution in [3.05, 3.63) is 29.3 Å². The van der Waals surface area contributed by atoms with Crippen molar-refractivity contribution in [3.8, 4) is 5.75 Å². The lowest BCUT2D eigenvalue weighted by Crippen LogP contribution is -2.43. The number of likely N-dealkylation sites (tertiary alicyclic amines) is 1. The maximum Gasteiger partial charge on any atom is 0.261 e. The Morgan fingerprint density at radius 3 is 2.86 bits per heavy atom. The van der Waals surface area contributed by atoms with Crippen molar-refractivity contribution in [1.29, 1.82) is 0 Å². The largest absolute Gasteiger partial charge is 0.479 e. The molecule has 0 aromatic heterocycles. The molecular weight excluding hydrogens is 288 g/mol. The van der Waals surface area contributed by atoms with Gasteiger partial charge in [-0.05, 0) is 38.3 Å². The van der Waals surface area contributed by atoms with E-state index in [1.807, 2.05) is 12.1 Å². The lowest BCUT2D eigenvalue weighted by Gasteiger charge is -2.19. The van der Waals surface area contributed by atoms with Crippen LogP contribution in [0.1, 0.15) is 26.2 Å². The van der Waals surface area contributed by atoms with Crippen LogP contribution in [0.15, 0.2) is 24.3 Å². The second kappa shape index (κ2) is 6.24. The summed E-state index contributed by atoms with van der Waals surface area (Å²) < 4.78 is 5.65. The van der Waals surface area contributed by atoms with Gasteiger partial charge in [-0.15, -0.1) is 0 Å². The predicted octanol–water partition coefficient (Wildman–Crippen LogP) is 2.46. The maximum atomic E-state index is 12.2. The Morgan fingerprint density at radius 1 is 1.38 bits per heavy atom. The molecule has 4 nitrogen and oxygen atoms in total. The zero-order valence-electron chi connectivity index (χ0n) is 12.2. The smallest absolute Gasteiger partial charge is 0.261 e. The second-order valence-corrected chi connectivity index (χ2v) is 6.32. The lowest BCUT2D eigenvalue weighted by atomic mass is 10.2. The Bertz CT molecular complexity index is 519. The van der Waals surface area contributed by atoms with E-state index in [2.05, 4.69) is 10.2 Å². The molecule has 21 heavy (non-hydrogen) atoms. The highest BCUT2D eigenvalue weighted by atomic mass is 35.5. The Labute approximate surface area is 130 Å². The summed E-state index contributed by atoms with van der Waals surface area (Å²) in [5.41, 5.74) is 0. The predicted molar refractivity (Wildman–Crippen MR) is 82.7 cm³/mol. The van der Waals surface area contributed by atoms with Crippen LogP contribution in [0.3, 0.4) is 0 Å². The number of hydrogen-bond acceptors (Lipinski definition) is 3. The molecule has 1 heterocycles. The maximum absolute atomic E-state index is 12.2. The number of rotatable bonds is 5. The van der Waals surface area contributed by atoms with Gasteiger partial charge in [-0.2, -0.15) is 0 Å². The van der Waals surface area contributed by atoms with Gasteiger partial charge in [0.2, 0.25) is 0 Å². The highest BCUT2D eigenvalue weighted by Gasteiger charge is 2.35. The molecule has 1 aromatic carbocycles. The lowest BCUT2D eigenvalue weighted by molar-refractivity contribution is -0.127. The molecule has 1 aromatic rings. The van der Waals surface area contributed by atoms with Crippen LogP contribution in [-0.2, 0) is 4.79 Å². The minimum atomic E-state index is -0.542. The first-order valence-electron chi connectivity index (χ1n) is 7.59. The van der Waals surface area contributed by atoms with Gasteiger partial charge in [-0.1, -0.05) is 23.7 Å². The summed E-state index contributed by atoms with van der Waals surface area (Å²) in [5, 5.41) is 3.61. The van der Waals surface area contributed by atoms with Crippen LogP contribution < -0.4 is 10.1 Å². The highest BCUT2D eigenvalue weighted by Crippen LogP contribution is 2.30. The van der Waals surface area contributed by atoms with Crippen molar-refractivity contribution in [1.82, 2.24) is 10.2 Å². The van der Waals surface area contributed by atoms with Crippen molar-refractivity contribution < 1.29 is 9.53 Å². The van der Waals surface area contributed by atoms with Gasteiger partial charge in [0.1, 0.15) is 5.75 Å². The second-order valence-electron chi connectivity index (χ2n) is 5.91. The molecule has 1 saturated carbocycles. The third-order valence-electron chi connectivity index (χ3n) is 4.14. The molecule has 114 valence electrons. The summed E-state index contributed by atoms with van der Waals surface area (Å²) in [6.07, 6.45) is 3.11. The Kier molecular flexibility index (Phi) is 4.36. The highest BCUT2D eigenvalue weighted by molar-refractivity contribution is 6.32. The number of hydrogen-bond donors (Lipinski definition) is 1. The quantitative estimate of drug-likeness (QED) is 0.908. The summed E-state index contributed by atoms with van der Waals surface area (Å²) in [6, 6.07) is 8.23. The molecular formula is C16H21ClN2O2. The van der Waals surface area contributed by atoms with Crippen LogP contribution in [0.25, 0.3) is 0 Å². The first-order valence-corrected chi connectivity index (χ1v) is 7.97. The van der Waals surface area contributed by atoms with Gasteiger partial charge < -0.3 is 10.1 Å². The minimum absolute atomic E-state index is 0.0717. The molecule has 1 aliphatic carbocycles. The summed E-state index contributed by atoms with van der Waals surface area (Å²) >= 11 is 6.04. The summed E-state index contributed by atoms with van der Waals surface area (Å²) in [5.74, 6) is 0.477. The number of nitrogens with zero attached hydrogens (tertiary/aromatic N) is 1. The van der Waals surface area contributed by atoms with E-state index in [1.54, 1.807) is 19.1 Å². The first kappa shape index (κ1) is 14.7. The van der Waals surface area contributed by atoms with Gasteiger partial charge in [-0.3, -0.25) is 9.69 Å². The monoisotopic (exact) mass is 308 g/mol. The summed E-state index contributed by atoms with van der Waals surface area (Å²) in [6.45, 7) is 3.82. The number of benzene rings is 1. The fourth-order valence-corrected chi connectivity index (χ4v) is 2.96. The van der Waals surface area contributed by atoms with Crippen LogP contribution in [-0.4, -0.2) is 42.1 Å². The van der Waals surface area contributed by atoms with E-state index in [4.69, 9.17) is 16.3 Å². The molecule has 1 aliphatic heterocycles. The molecule has 1 saturated heterocycles. The number of halogens is 1. The zero-order chi connectivity index (χ0) is 14.8. The van der Waals surface area contributed by atoms with E-state index < -0.39 is 6.10 Å². The van der Waals surface area contributed by atoms with Gasteiger partial charge in [0, 0.05) is 25.2 Å². The zero-order valence-corrected chi connectivity index (χ0v) is 13.0. The van der Waals surface area contributed by atoms with Crippen molar-refractivity contribution in [2.45, 2.75) is 44.4 Å². The molecule has 5 heteroatoms. The van der Waals surface area contributed by atoms with Crippen molar-refractivity contribution in [2.24, 2.45) is 0 Å².